The Morgan fingerprint density at radius 3 is 2.23 bits per heavy atom. The van der Waals surface area contributed by atoms with E-state index < -0.39 is 0 Å². The van der Waals surface area contributed by atoms with Crippen molar-refractivity contribution in [2.24, 2.45) is 5.10 Å². The van der Waals surface area contributed by atoms with Gasteiger partial charge in [0.15, 0.2) is 0 Å². The van der Waals surface area contributed by atoms with Crippen molar-refractivity contribution in [3.05, 3.63) is 89.4 Å². The van der Waals surface area contributed by atoms with E-state index >= 15 is 0 Å². The first-order chi connectivity index (χ1) is 10.8. The second kappa shape index (κ2) is 6.92. The topological polar surface area (TPSA) is 24.4 Å². The van der Waals surface area contributed by atoms with Gasteiger partial charge in [-0.3, -0.25) is 5.43 Å². The lowest BCUT2D eigenvalue weighted by molar-refractivity contribution is 1.35. The Hall–Kier alpha value is -2.58. The van der Waals surface area contributed by atoms with E-state index in [1.807, 2.05) is 54.6 Å². The zero-order valence-corrected chi connectivity index (χ0v) is 12.7. The third-order valence-electron chi connectivity index (χ3n) is 3.25. The van der Waals surface area contributed by atoms with E-state index in [1.54, 1.807) is 6.21 Å². The van der Waals surface area contributed by atoms with Gasteiger partial charge < -0.3 is 0 Å². The summed E-state index contributed by atoms with van der Waals surface area (Å²) in [6, 6.07) is 26.1. The van der Waals surface area contributed by atoms with Crippen LogP contribution in [0.3, 0.4) is 0 Å². The molecule has 0 heterocycles. The van der Waals surface area contributed by atoms with E-state index in [0.29, 0.717) is 5.02 Å². The number of hydrogen-bond donors (Lipinski definition) is 1. The molecule has 22 heavy (non-hydrogen) atoms. The van der Waals surface area contributed by atoms with Crippen LogP contribution in [0.5, 0.6) is 0 Å². The minimum atomic E-state index is 0.687. The zero-order chi connectivity index (χ0) is 15.2. The molecule has 0 amide bonds. The monoisotopic (exact) mass is 306 g/mol. The Labute approximate surface area is 135 Å². The van der Waals surface area contributed by atoms with E-state index in [0.717, 1.165) is 11.3 Å². The molecule has 0 aliphatic carbocycles. The molecule has 0 aliphatic rings. The van der Waals surface area contributed by atoms with Gasteiger partial charge in [-0.25, -0.2) is 0 Å². The Bertz CT molecular complexity index is 765. The lowest BCUT2D eigenvalue weighted by Gasteiger charge is -2.02. The van der Waals surface area contributed by atoms with Crippen LogP contribution in [0.4, 0.5) is 5.69 Å². The van der Waals surface area contributed by atoms with Gasteiger partial charge in [0.1, 0.15) is 0 Å². The number of nitrogens with one attached hydrogen (secondary N) is 1. The minimum absolute atomic E-state index is 0.687. The van der Waals surface area contributed by atoms with Crippen LogP contribution in [0, 0.1) is 0 Å². The quantitative estimate of drug-likeness (QED) is 0.503. The lowest BCUT2D eigenvalue weighted by atomic mass is 10.0. The normalized spacial score (nSPS) is 10.8. The molecule has 0 atom stereocenters. The molecule has 1 N–H and O–H groups in total. The van der Waals surface area contributed by atoms with Crippen molar-refractivity contribution < 1.29 is 0 Å². The molecule has 0 bridgehead atoms. The molecule has 0 fully saturated rings. The fourth-order valence-corrected chi connectivity index (χ4v) is 2.32. The molecule has 0 aliphatic heterocycles. The van der Waals surface area contributed by atoms with Crippen molar-refractivity contribution in [3.8, 4) is 11.1 Å². The second-order valence-corrected chi connectivity index (χ2v) is 5.30. The number of rotatable bonds is 4. The van der Waals surface area contributed by atoms with Crippen LogP contribution in [0.15, 0.2) is 84.0 Å². The SMILES string of the molecule is Clc1cccc(N/N=C\c2ccc(-c3ccccc3)cc2)c1. The van der Waals surface area contributed by atoms with Gasteiger partial charge in [-0.2, -0.15) is 5.10 Å². The third-order valence-corrected chi connectivity index (χ3v) is 3.48. The predicted octanol–water partition coefficient (Wildman–Crippen LogP) is 5.45. The highest BCUT2D eigenvalue weighted by molar-refractivity contribution is 6.30. The third kappa shape index (κ3) is 3.74. The number of nitrogens with zero attached hydrogens (tertiary/aromatic N) is 1. The Morgan fingerprint density at radius 2 is 1.50 bits per heavy atom. The fourth-order valence-electron chi connectivity index (χ4n) is 2.13. The molecule has 108 valence electrons. The maximum absolute atomic E-state index is 5.92. The Kier molecular flexibility index (Phi) is 4.52. The minimum Gasteiger partial charge on any atom is -0.278 e. The van der Waals surface area contributed by atoms with Crippen molar-refractivity contribution in [2.45, 2.75) is 0 Å². The molecular weight excluding hydrogens is 292 g/mol. The maximum atomic E-state index is 5.92. The molecule has 2 nitrogen and oxygen atoms in total. The lowest BCUT2D eigenvalue weighted by Crippen LogP contribution is -1.90. The van der Waals surface area contributed by atoms with E-state index in [4.69, 9.17) is 11.6 Å². The summed E-state index contributed by atoms with van der Waals surface area (Å²) in [6.07, 6.45) is 1.79. The summed E-state index contributed by atoms with van der Waals surface area (Å²) >= 11 is 5.92. The fraction of sp³-hybridized carbons (Fsp3) is 0. The summed E-state index contributed by atoms with van der Waals surface area (Å²) in [5.74, 6) is 0. The number of benzene rings is 3. The molecule has 0 radical (unpaired) electrons. The average molecular weight is 307 g/mol. The summed E-state index contributed by atoms with van der Waals surface area (Å²) in [4.78, 5) is 0. The van der Waals surface area contributed by atoms with E-state index in [-0.39, 0.29) is 0 Å². The van der Waals surface area contributed by atoms with Crippen LogP contribution in [-0.4, -0.2) is 6.21 Å². The number of hydrogen-bond acceptors (Lipinski definition) is 2. The summed E-state index contributed by atoms with van der Waals surface area (Å²) in [6.45, 7) is 0. The van der Waals surface area contributed by atoms with Crippen LogP contribution in [-0.2, 0) is 0 Å². The van der Waals surface area contributed by atoms with Gasteiger partial charge in [0, 0.05) is 5.02 Å². The van der Waals surface area contributed by atoms with Crippen molar-refractivity contribution in [1.82, 2.24) is 0 Å². The highest BCUT2D eigenvalue weighted by Crippen LogP contribution is 2.19. The zero-order valence-electron chi connectivity index (χ0n) is 11.9. The molecule has 0 aromatic heterocycles. The summed E-state index contributed by atoms with van der Waals surface area (Å²) in [5.41, 5.74) is 7.27. The standard InChI is InChI=1S/C19H15ClN2/c20-18-7-4-8-19(13-18)22-21-14-15-9-11-17(12-10-15)16-5-2-1-3-6-16/h1-14,22H/b21-14-. The van der Waals surface area contributed by atoms with Gasteiger partial charge in [0.2, 0.25) is 0 Å². The largest absolute Gasteiger partial charge is 0.278 e. The van der Waals surface area contributed by atoms with Gasteiger partial charge in [-0.15, -0.1) is 0 Å². The van der Waals surface area contributed by atoms with E-state index in [2.05, 4.69) is 34.8 Å². The number of hydrazone groups is 1. The van der Waals surface area contributed by atoms with Crippen molar-refractivity contribution in [3.63, 3.8) is 0 Å². The first-order valence-electron chi connectivity index (χ1n) is 7.01. The molecule has 3 rings (SSSR count). The molecule has 3 aromatic carbocycles. The van der Waals surface area contributed by atoms with Crippen molar-refractivity contribution in [2.75, 3.05) is 5.43 Å². The highest BCUT2D eigenvalue weighted by atomic mass is 35.5. The number of anilines is 1. The van der Waals surface area contributed by atoms with Crippen molar-refractivity contribution in [1.29, 1.82) is 0 Å². The van der Waals surface area contributed by atoms with Crippen LogP contribution in [0.25, 0.3) is 11.1 Å². The van der Waals surface area contributed by atoms with Gasteiger partial charge in [-0.1, -0.05) is 72.3 Å². The molecule has 3 heteroatoms. The van der Waals surface area contributed by atoms with Crippen LogP contribution < -0.4 is 5.43 Å². The van der Waals surface area contributed by atoms with E-state index in [1.165, 1.54) is 11.1 Å². The maximum Gasteiger partial charge on any atom is 0.0576 e. The van der Waals surface area contributed by atoms with Gasteiger partial charge >= 0.3 is 0 Å². The number of halogens is 1. The summed E-state index contributed by atoms with van der Waals surface area (Å²) in [7, 11) is 0. The van der Waals surface area contributed by atoms with Crippen LogP contribution >= 0.6 is 11.6 Å². The molecule has 0 saturated heterocycles. The molecule has 0 spiro atoms. The van der Waals surface area contributed by atoms with Crippen LogP contribution in [0.1, 0.15) is 5.56 Å². The molecule has 3 aromatic rings. The summed E-state index contributed by atoms with van der Waals surface area (Å²) < 4.78 is 0. The molecule has 0 unspecified atom stereocenters. The second-order valence-electron chi connectivity index (χ2n) is 4.87. The predicted molar refractivity (Wildman–Crippen MR) is 94.5 cm³/mol. The van der Waals surface area contributed by atoms with Crippen molar-refractivity contribution >= 4 is 23.5 Å². The molecule has 0 saturated carbocycles. The first kappa shape index (κ1) is 14.4. The summed E-state index contributed by atoms with van der Waals surface area (Å²) in [5, 5.41) is 4.91. The Balaban J connectivity index is 1.67. The van der Waals surface area contributed by atoms with E-state index in [9.17, 15) is 0 Å². The first-order valence-corrected chi connectivity index (χ1v) is 7.39. The smallest absolute Gasteiger partial charge is 0.0576 e. The molecular formula is C19H15ClN2. The van der Waals surface area contributed by atoms with Gasteiger partial charge in [-0.05, 0) is 34.9 Å². The average Bonchev–Trinajstić information content (AvgIpc) is 2.56. The van der Waals surface area contributed by atoms with Gasteiger partial charge in [0.25, 0.3) is 0 Å². The Morgan fingerprint density at radius 1 is 0.773 bits per heavy atom. The van der Waals surface area contributed by atoms with Gasteiger partial charge in [0.05, 0.1) is 11.9 Å². The van der Waals surface area contributed by atoms with Crippen LogP contribution in [0.2, 0.25) is 5.02 Å². The highest BCUT2D eigenvalue weighted by Gasteiger charge is 1.96.